The molecule has 0 saturated heterocycles. The van der Waals surface area contributed by atoms with Crippen molar-refractivity contribution in [1.82, 2.24) is 0 Å². The molecule has 0 saturated carbocycles. The van der Waals surface area contributed by atoms with Crippen molar-refractivity contribution in [3.63, 3.8) is 0 Å². The van der Waals surface area contributed by atoms with Gasteiger partial charge in [0, 0.05) is 34.0 Å². The molecule has 0 aromatic carbocycles. The van der Waals surface area contributed by atoms with Crippen LogP contribution in [0.1, 0.15) is 13.3 Å². The second kappa shape index (κ2) is 8.54. The number of hydrogen-bond donors (Lipinski definition) is 0. The number of ether oxygens (including phenoxy) is 1. The molecule has 0 bridgehead atoms. The average Bonchev–Trinajstić information content (AvgIpc) is 2.34. The van der Waals surface area contributed by atoms with Crippen LogP contribution in [0.4, 0.5) is 0 Å². The summed E-state index contributed by atoms with van der Waals surface area (Å²) in [5.41, 5.74) is 0.513. The molecule has 0 fully saturated rings. The molecule has 0 rings (SSSR count). The number of hydrogen-bond acceptors (Lipinski definition) is 5. The van der Waals surface area contributed by atoms with Crippen molar-refractivity contribution >= 4 is 14.6 Å². The van der Waals surface area contributed by atoms with Gasteiger partial charge in [0.05, 0.1) is 0 Å². The maximum atomic E-state index is 11.2. The Labute approximate surface area is 104 Å². The zero-order chi connectivity index (χ0) is 13.3. The molecule has 0 radical (unpaired) electrons. The first-order chi connectivity index (χ1) is 8.01. The third kappa shape index (κ3) is 6.09. The molecule has 5 nitrogen and oxygen atoms in total. The number of ketones is 1. The first-order valence-electron chi connectivity index (χ1n) is 5.43. The summed E-state index contributed by atoms with van der Waals surface area (Å²) in [5, 5.41) is 0. The molecule has 0 amide bonds. The molecular weight excluding hydrogens is 240 g/mol. The lowest BCUT2D eigenvalue weighted by molar-refractivity contribution is -0.119. The molecule has 0 aromatic rings. The van der Waals surface area contributed by atoms with Gasteiger partial charge in [0.2, 0.25) is 0 Å². The van der Waals surface area contributed by atoms with Crippen LogP contribution in [-0.4, -0.2) is 49.1 Å². The summed E-state index contributed by atoms with van der Waals surface area (Å²) in [7, 11) is 2.22. The van der Waals surface area contributed by atoms with Gasteiger partial charge in [-0.3, -0.25) is 4.79 Å². The van der Waals surface area contributed by atoms with E-state index in [-0.39, 0.29) is 12.4 Å². The fraction of sp³-hybridized carbons (Fsp3) is 0.727. The minimum Gasteiger partial charge on any atom is -0.377 e. The fourth-order valence-corrected chi connectivity index (χ4v) is 2.92. The van der Waals surface area contributed by atoms with E-state index in [2.05, 4.69) is 6.58 Å². The van der Waals surface area contributed by atoms with Crippen LogP contribution in [0.3, 0.4) is 0 Å². The quantitative estimate of drug-likeness (QED) is 0.338. The Hall–Kier alpha value is -0.533. The van der Waals surface area contributed by atoms with E-state index in [0.29, 0.717) is 18.2 Å². The van der Waals surface area contributed by atoms with Gasteiger partial charge in [-0.15, -0.1) is 0 Å². The monoisotopic (exact) mass is 262 g/mol. The standard InChI is InChI=1S/C11H22O5Si/c1-10(2)11(12)9-16-7-6-8-17(13-3,14-4)15-5/h1,6-9H2,2-5H3. The van der Waals surface area contributed by atoms with Gasteiger partial charge in [0.1, 0.15) is 6.61 Å². The van der Waals surface area contributed by atoms with Gasteiger partial charge in [-0.2, -0.15) is 0 Å². The molecular formula is C11H22O5Si. The van der Waals surface area contributed by atoms with E-state index in [4.69, 9.17) is 18.0 Å². The smallest absolute Gasteiger partial charge is 0.377 e. The van der Waals surface area contributed by atoms with Crippen LogP contribution in [0.5, 0.6) is 0 Å². The summed E-state index contributed by atoms with van der Waals surface area (Å²) in [6.07, 6.45) is 0.727. The van der Waals surface area contributed by atoms with E-state index in [1.807, 2.05) is 0 Å². The topological polar surface area (TPSA) is 54.0 Å². The van der Waals surface area contributed by atoms with E-state index in [0.717, 1.165) is 6.42 Å². The minimum absolute atomic E-state index is 0.0706. The Kier molecular flexibility index (Phi) is 8.27. The van der Waals surface area contributed by atoms with Gasteiger partial charge in [-0.05, 0) is 18.9 Å². The van der Waals surface area contributed by atoms with Crippen LogP contribution >= 0.6 is 0 Å². The Bertz CT molecular complexity index is 242. The van der Waals surface area contributed by atoms with E-state index >= 15 is 0 Å². The molecule has 0 aliphatic carbocycles. The molecule has 0 spiro atoms. The molecule has 0 atom stereocenters. The summed E-state index contributed by atoms with van der Waals surface area (Å²) < 4.78 is 21.0. The van der Waals surface area contributed by atoms with Crippen molar-refractivity contribution in [1.29, 1.82) is 0 Å². The van der Waals surface area contributed by atoms with Crippen LogP contribution in [0.15, 0.2) is 12.2 Å². The highest BCUT2D eigenvalue weighted by Gasteiger charge is 2.36. The highest BCUT2D eigenvalue weighted by molar-refractivity contribution is 6.60. The zero-order valence-electron chi connectivity index (χ0n) is 11.1. The van der Waals surface area contributed by atoms with Gasteiger partial charge in [0.25, 0.3) is 0 Å². The molecule has 17 heavy (non-hydrogen) atoms. The third-order valence-electron chi connectivity index (χ3n) is 2.41. The number of Topliss-reactive ketones (excluding diaryl/α,β-unsaturated/α-hetero) is 1. The molecule has 0 N–H and O–H groups in total. The van der Waals surface area contributed by atoms with Crippen molar-refractivity contribution in [2.75, 3.05) is 34.5 Å². The largest absolute Gasteiger partial charge is 0.500 e. The van der Waals surface area contributed by atoms with Gasteiger partial charge >= 0.3 is 8.80 Å². The third-order valence-corrected chi connectivity index (χ3v) is 5.25. The normalized spacial score (nSPS) is 11.5. The summed E-state index contributed by atoms with van der Waals surface area (Å²) >= 11 is 0. The van der Waals surface area contributed by atoms with Crippen LogP contribution < -0.4 is 0 Å². The molecule has 0 heterocycles. The Balaban J connectivity index is 3.76. The molecule has 0 aromatic heterocycles. The Morgan fingerprint density at radius 3 is 2.12 bits per heavy atom. The summed E-state index contributed by atoms with van der Waals surface area (Å²) in [6.45, 7) is 5.78. The lowest BCUT2D eigenvalue weighted by Gasteiger charge is -2.24. The highest BCUT2D eigenvalue weighted by Crippen LogP contribution is 2.14. The van der Waals surface area contributed by atoms with Gasteiger partial charge in [-0.1, -0.05) is 6.58 Å². The molecule has 0 aliphatic heterocycles. The first kappa shape index (κ1) is 16.5. The van der Waals surface area contributed by atoms with Crippen molar-refractivity contribution in [2.45, 2.75) is 19.4 Å². The molecule has 0 unspecified atom stereocenters. The SMILES string of the molecule is C=C(C)C(=O)COCCC[Si](OC)(OC)OC. The van der Waals surface area contributed by atoms with E-state index in [1.165, 1.54) is 0 Å². The zero-order valence-corrected chi connectivity index (χ0v) is 12.1. The first-order valence-corrected chi connectivity index (χ1v) is 7.36. The van der Waals surface area contributed by atoms with E-state index in [1.54, 1.807) is 28.3 Å². The van der Waals surface area contributed by atoms with Crippen molar-refractivity contribution in [2.24, 2.45) is 0 Å². The lowest BCUT2D eigenvalue weighted by atomic mass is 10.2. The fourth-order valence-electron chi connectivity index (χ4n) is 1.23. The van der Waals surface area contributed by atoms with Gasteiger partial charge < -0.3 is 18.0 Å². The molecule has 0 aliphatic rings. The number of carbonyl (C=O) groups excluding carboxylic acids is 1. The molecule has 6 heteroatoms. The number of rotatable bonds is 10. The Morgan fingerprint density at radius 1 is 1.18 bits per heavy atom. The van der Waals surface area contributed by atoms with Crippen LogP contribution in [0.2, 0.25) is 6.04 Å². The van der Waals surface area contributed by atoms with Crippen LogP contribution in [-0.2, 0) is 22.8 Å². The lowest BCUT2D eigenvalue weighted by Crippen LogP contribution is -2.42. The highest BCUT2D eigenvalue weighted by atomic mass is 28.4. The predicted octanol–water partition coefficient (Wildman–Crippen LogP) is 1.42. The maximum absolute atomic E-state index is 11.2. The van der Waals surface area contributed by atoms with Gasteiger partial charge in [-0.25, -0.2) is 0 Å². The van der Waals surface area contributed by atoms with Gasteiger partial charge in [0.15, 0.2) is 5.78 Å². The predicted molar refractivity (Wildman–Crippen MR) is 66.8 cm³/mol. The Morgan fingerprint density at radius 2 is 1.71 bits per heavy atom. The summed E-state index contributed by atoms with van der Waals surface area (Å²) in [5.74, 6) is -0.0706. The summed E-state index contributed by atoms with van der Waals surface area (Å²) in [4.78, 5) is 11.2. The van der Waals surface area contributed by atoms with Crippen molar-refractivity contribution in [3.05, 3.63) is 12.2 Å². The second-order valence-corrected chi connectivity index (χ2v) is 6.75. The minimum atomic E-state index is -2.50. The van der Waals surface area contributed by atoms with Crippen molar-refractivity contribution < 1.29 is 22.8 Å². The van der Waals surface area contributed by atoms with Crippen LogP contribution in [0, 0.1) is 0 Å². The van der Waals surface area contributed by atoms with Crippen LogP contribution in [0.25, 0.3) is 0 Å². The van der Waals surface area contributed by atoms with E-state index < -0.39 is 8.80 Å². The van der Waals surface area contributed by atoms with Crippen molar-refractivity contribution in [3.8, 4) is 0 Å². The molecule has 100 valence electrons. The average molecular weight is 262 g/mol. The second-order valence-electron chi connectivity index (χ2n) is 3.66. The van der Waals surface area contributed by atoms with E-state index in [9.17, 15) is 4.79 Å². The number of carbonyl (C=O) groups is 1. The maximum Gasteiger partial charge on any atom is 0.500 e. The summed E-state index contributed by atoms with van der Waals surface area (Å²) in [6, 6.07) is 0.664.